The van der Waals surface area contributed by atoms with E-state index in [2.05, 4.69) is 10.2 Å². The summed E-state index contributed by atoms with van der Waals surface area (Å²) in [5.74, 6) is -0.437. The van der Waals surface area contributed by atoms with Gasteiger partial charge in [0.1, 0.15) is 6.61 Å². The Bertz CT molecular complexity index is 694. The zero-order valence-corrected chi connectivity index (χ0v) is 13.4. The molecule has 1 aromatic rings. The van der Waals surface area contributed by atoms with Crippen molar-refractivity contribution in [3.8, 4) is 0 Å². The first kappa shape index (κ1) is 15.5. The molecule has 0 amide bonds. The van der Waals surface area contributed by atoms with E-state index in [1.54, 1.807) is 12.1 Å². The summed E-state index contributed by atoms with van der Waals surface area (Å²) in [5, 5.41) is 3.30. The maximum atomic E-state index is 12.2. The Balaban J connectivity index is 1.89. The van der Waals surface area contributed by atoms with E-state index in [1.165, 1.54) is 6.26 Å². The third-order valence-electron chi connectivity index (χ3n) is 4.19. The van der Waals surface area contributed by atoms with Gasteiger partial charge in [0.15, 0.2) is 9.84 Å². The fourth-order valence-electron chi connectivity index (χ4n) is 3.10. The van der Waals surface area contributed by atoms with Crippen molar-refractivity contribution in [1.82, 2.24) is 10.2 Å². The molecule has 6 nitrogen and oxygen atoms in total. The second kappa shape index (κ2) is 5.98. The first-order valence-electron chi connectivity index (χ1n) is 7.42. The van der Waals surface area contributed by atoms with Crippen LogP contribution in [0.5, 0.6) is 0 Å². The average molecular weight is 324 g/mol. The standard InChI is InChI=1S/C15H20N2O4S/c1-22(19,20)14-11(4-7-17-8-5-16-6-9-17)2-3-12-13(14)10-21-15(12)18/h2-3,16H,4-10H2,1H3. The first-order chi connectivity index (χ1) is 10.5. The second-order valence-corrected chi connectivity index (χ2v) is 7.72. The number of ether oxygens (including phenoxy) is 1. The lowest BCUT2D eigenvalue weighted by molar-refractivity contribution is 0.0534. The van der Waals surface area contributed by atoms with Crippen LogP contribution in [0.3, 0.4) is 0 Å². The van der Waals surface area contributed by atoms with Crippen LogP contribution in [0.4, 0.5) is 0 Å². The molecule has 1 aromatic carbocycles. The van der Waals surface area contributed by atoms with Gasteiger partial charge in [0.05, 0.1) is 10.5 Å². The molecule has 0 bridgehead atoms. The van der Waals surface area contributed by atoms with Crippen molar-refractivity contribution >= 4 is 15.8 Å². The molecule has 0 spiro atoms. The lowest BCUT2D eigenvalue weighted by Crippen LogP contribution is -2.44. The van der Waals surface area contributed by atoms with Crippen LogP contribution in [0.1, 0.15) is 21.5 Å². The number of fused-ring (bicyclic) bond motifs is 1. The van der Waals surface area contributed by atoms with Gasteiger partial charge in [0.2, 0.25) is 0 Å². The number of carbonyl (C=O) groups is 1. The Morgan fingerprint density at radius 2 is 2.00 bits per heavy atom. The summed E-state index contributed by atoms with van der Waals surface area (Å²) >= 11 is 0. The molecule has 2 aliphatic rings. The molecule has 3 rings (SSSR count). The topological polar surface area (TPSA) is 75.7 Å². The summed E-state index contributed by atoms with van der Waals surface area (Å²) in [4.78, 5) is 14.2. The van der Waals surface area contributed by atoms with E-state index in [0.717, 1.165) is 38.3 Å². The summed E-state index contributed by atoms with van der Waals surface area (Å²) in [5.41, 5.74) is 1.68. The van der Waals surface area contributed by atoms with Crippen molar-refractivity contribution in [1.29, 1.82) is 0 Å². The molecule has 0 atom stereocenters. The summed E-state index contributed by atoms with van der Waals surface area (Å²) < 4.78 is 29.3. The van der Waals surface area contributed by atoms with Crippen LogP contribution in [-0.4, -0.2) is 58.3 Å². The molecule has 1 saturated heterocycles. The van der Waals surface area contributed by atoms with E-state index in [-0.39, 0.29) is 11.5 Å². The number of nitrogens with one attached hydrogen (secondary N) is 1. The number of hydrogen-bond donors (Lipinski definition) is 1. The smallest absolute Gasteiger partial charge is 0.338 e. The minimum atomic E-state index is -3.40. The van der Waals surface area contributed by atoms with Gasteiger partial charge in [-0.15, -0.1) is 0 Å². The molecule has 22 heavy (non-hydrogen) atoms. The first-order valence-corrected chi connectivity index (χ1v) is 9.31. The zero-order chi connectivity index (χ0) is 15.7. The van der Waals surface area contributed by atoms with Gasteiger partial charge in [-0.2, -0.15) is 0 Å². The van der Waals surface area contributed by atoms with Gasteiger partial charge in [0, 0.05) is 44.5 Å². The number of esters is 1. The van der Waals surface area contributed by atoms with Crippen molar-refractivity contribution in [2.75, 3.05) is 39.0 Å². The summed E-state index contributed by atoms with van der Waals surface area (Å²) in [6.45, 7) is 4.74. The van der Waals surface area contributed by atoms with Crippen LogP contribution in [-0.2, 0) is 27.6 Å². The number of rotatable bonds is 4. The normalized spacial score (nSPS) is 19.0. The molecule has 7 heteroatoms. The highest BCUT2D eigenvalue weighted by atomic mass is 32.2. The van der Waals surface area contributed by atoms with Crippen molar-refractivity contribution in [3.63, 3.8) is 0 Å². The molecule has 0 saturated carbocycles. The van der Waals surface area contributed by atoms with Crippen molar-refractivity contribution in [2.45, 2.75) is 17.9 Å². The van der Waals surface area contributed by atoms with E-state index in [0.29, 0.717) is 17.5 Å². The van der Waals surface area contributed by atoms with Gasteiger partial charge < -0.3 is 15.0 Å². The summed E-state index contributed by atoms with van der Waals surface area (Å²) in [6.07, 6.45) is 1.85. The van der Waals surface area contributed by atoms with E-state index < -0.39 is 15.8 Å². The molecule has 0 unspecified atom stereocenters. The largest absolute Gasteiger partial charge is 0.457 e. The lowest BCUT2D eigenvalue weighted by Gasteiger charge is -2.27. The van der Waals surface area contributed by atoms with Crippen LogP contribution >= 0.6 is 0 Å². The number of sulfone groups is 1. The maximum Gasteiger partial charge on any atom is 0.338 e. The van der Waals surface area contributed by atoms with Crippen LogP contribution in [0, 0.1) is 0 Å². The van der Waals surface area contributed by atoms with Gasteiger partial charge in [-0.05, 0) is 18.1 Å². The second-order valence-electron chi connectivity index (χ2n) is 5.77. The number of benzene rings is 1. The van der Waals surface area contributed by atoms with Crippen molar-refractivity contribution < 1.29 is 17.9 Å². The van der Waals surface area contributed by atoms with E-state index in [1.807, 2.05) is 0 Å². The molecule has 2 heterocycles. The highest BCUT2D eigenvalue weighted by molar-refractivity contribution is 7.90. The molecule has 0 radical (unpaired) electrons. The SMILES string of the molecule is CS(=O)(=O)c1c(CCN2CCNCC2)ccc2c1COC2=O. The number of cyclic esters (lactones) is 1. The summed E-state index contributed by atoms with van der Waals surface area (Å²) in [6, 6.07) is 3.44. The molecule has 0 aromatic heterocycles. The Hall–Kier alpha value is -1.44. The van der Waals surface area contributed by atoms with Gasteiger partial charge >= 0.3 is 5.97 Å². The van der Waals surface area contributed by atoms with Crippen molar-refractivity contribution in [3.05, 3.63) is 28.8 Å². The lowest BCUT2D eigenvalue weighted by atomic mass is 10.0. The molecule has 1 N–H and O–H groups in total. The zero-order valence-electron chi connectivity index (χ0n) is 12.6. The average Bonchev–Trinajstić information content (AvgIpc) is 2.86. The Kier molecular flexibility index (Phi) is 4.20. The minimum Gasteiger partial charge on any atom is -0.457 e. The highest BCUT2D eigenvalue weighted by Crippen LogP contribution is 2.30. The highest BCUT2D eigenvalue weighted by Gasteiger charge is 2.29. The Labute approximate surface area is 130 Å². The molecule has 0 aliphatic carbocycles. The number of hydrogen-bond acceptors (Lipinski definition) is 6. The van der Waals surface area contributed by atoms with Crippen LogP contribution in [0.25, 0.3) is 0 Å². The number of piperazine rings is 1. The Morgan fingerprint density at radius 3 is 2.68 bits per heavy atom. The van der Waals surface area contributed by atoms with Gasteiger partial charge in [-0.25, -0.2) is 13.2 Å². The van der Waals surface area contributed by atoms with Crippen LogP contribution in [0.15, 0.2) is 17.0 Å². The van der Waals surface area contributed by atoms with Crippen molar-refractivity contribution in [2.24, 2.45) is 0 Å². The molecular formula is C15H20N2O4S. The fourth-order valence-corrected chi connectivity index (χ4v) is 4.36. The Morgan fingerprint density at radius 1 is 1.27 bits per heavy atom. The third-order valence-corrected chi connectivity index (χ3v) is 5.44. The molecular weight excluding hydrogens is 304 g/mol. The molecule has 2 aliphatic heterocycles. The maximum absolute atomic E-state index is 12.2. The van der Waals surface area contributed by atoms with Gasteiger partial charge in [-0.3, -0.25) is 0 Å². The van der Waals surface area contributed by atoms with Crippen LogP contribution in [0.2, 0.25) is 0 Å². The molecule has 1 fully saturated rings. The molecule has 120 valence electrons. The predicted octanol–water partition coefficient (Wildman–Crippen LogP) is 0.208. The van der Waals surface area contributed by atoms with E-state index in [9.17, 15) is 13.2 Å². The summed E-state index contributed by atoms with van der Waals surface area (Å²) in [7, 11) is -3.40. The fraction of sp³-hybridized carbons (Fsp3) is 0.533. The third kappa shape index (κ3) is 3.02. The monoisotopic (exact) mass is 324 g/mol. The number of nitrogens with zero attached hydrogens (tertiary/aromatic N) is 1. The van der Waals surface area contributed by atoms with Crippen LogP contribution < -0.4 is 5.32 Å². The van der Waals surface area contributed by atoms with E-state index in [4.69, 9.17) is 4.74 Å². The minimum absolute atomic E-state index is 0.0536. The van der Waals surface area contributed by atoms with Gasteiger partial charge in [0.25, 0.3) is 0 Å². The van der Waals surface area contributed by atoms with E-state index >= 15 is 0 Å². The predicted molar refractivity (Wildman–Crippen MR) is 81.7 cm³/mol. The van der Waals surface area contributed by atoms with Gasteiger partial charge in [-0.1, -0.05) is 6.07 Å². The quantitative estimate of drug-likeness (QED) is 0.798. The number of carbonyl (C=O) groups excluding carboxylic acids is 1.